The molecule has 1 aromatic carbocycles. The van der Waals surface area contributed by atoms with Crippen LogP contribution in [0, 0.1) is 23.0 Å². The first-order valence-corrected chi connectivity index (χ1v) is 8.29. The molecule has 0 fully saturated rings. The Hall–Kier alpha value is -3.07. The van der Waals surface area contributed by atoms with Crippen LogP contribution in [0.2, 0.25) is 0 Å². The predicted molar refractivity (Wildman–Crippen MR) is 95.5 cm³/mol. The molecule has 1 unspecified atom stereocenters. The van der Waals surface area contributed by atoms with Crippen LogP contribution in [0.25, 0.3) is 0 Å². The van der Waals surface area contributed by atoms with E-state index in [1.165, 1.54) is 13.2 Å². The lowest BCUT2D eigenvalue weighted by Gasteiger charge is -2.24. The predicted octanol–water partition coefficient (Wildman–Crippen LogP) is 1.46. The molecule has 1 aromatic rings. The number of benzene rings is 1. The van der Waals surface area contributed by atoms with E-state index in [0.29, 0.717) is 6.07 Å². The van der Waals surface area contributed by atoms with Crippen LogP contribution in [0.1, 0.15) is 12.0 Å². The maximum absolute atomic E-state index is 13.3. The molecule has 2 atom stereocenters. The number of rotatable bonds is 8. The minimum atomic E-state index is -2.16. The van der Waals surface area contributed by atoms with Gasteiger partial charge in [-0.25, -0.2) is 13.6 Å². The van der Waals surface area contributed by atoms with Crippen molar-refractivity contribution in [3.8, 4) is 0 Å². The number of ether oxygens (including phenoxy) is 2. The smallest absolute Gasteiger partial charge is 0.372 e. The molecular formula is C19H20F2N2O5. The maximum Gasteiger partial charge on any atom is 0.372 e. The molecule has 0 saturated carbocycles. The molecule has 0 spiro atoms. The Labute approximate surface area is 160 Å². The number of carbonyl (C=O) groups is 2. The number of halogens is 2. The fourth-order valence-corrected chi connectivity index (χ4v) is 2.57. The zero-order valence-electron chi connectivity index (χ0n) is 15.1. The van der Waals surface area contributed by atoms with Crippen molar-refractivity contribution in [2.24, 2.45) is 5.92 Å². The summed E-state index contributed by atoms with van der Waals surface area (Å²) in [6.45, 7) is 3.61. The molecule has 0 aliphatic carbocycles. The van der Waals surface area contributed by atoms with Gasteiger partial charge in [0.15, 0.2) is 5.60 Å². The summed E-state index contributed by atoms with van der Waals surface area (Å²) in [4.78, 5) is 23.8. The van der Waals surface area contributed by atoms with Gasteiger partial charge in [-0.15, -0.1) is 0 Å². The highest BCUT2D eigenvalue weighted by molar-refractivity contribution is 6.03. The molecule has 2 rings (SSSR count). The van der Waals surface area contributed by atoms with E-state index in [-0.39, 0.29) is 36.1 Å². The molecule has 3 N–H and O–H groups in total. The molecule has 0 saturated heterocycles. The van der Waals surface area contributed by atoms with Crippen molar-refractivity contribution in [2.45, 2.75) is 12.0 Å². The number of carbonyl (C=O) groups excluding carboxylic acids is 2. The van der Waals surface area contributed by atoms with E-state index in [2.05, 4.69) is 16.6 Å². The molecule has 1 amide bonds. The molecule has 0 aromatic heterocycles. The Bertz CT molecular complexity index is 819. The summed E-state index contributed by atoms with van der Waals surface area (Å²) in [5, 5.41) is 21.0. The second-order valence-corrected chi connectivity index (χ2v) is 6.25. The number of amides is 1. The molecule has 0 bridgehead atoms. The lowest BCUT2D eigenvalue weighted by molar-refractivity contribution is -0.139. The first-order valence-electron chi connectivity index (χ1n) is 8.29. The Morgan fingerprint density at radius 3 is 2.64 bits per heavy atom. The summed E-state index contributed by atoms with van der Waals surface area (Å²) in [5.74, 6) is -3.50. The Balaban J connectivity index is 2.01. The molecule has 9 heteroatoms. The highest BCUT2D eigenvalue weighted by Gasteiger charge is 2.35. The Morgan fingerprint density at radius 1 is 1.43 bits per heavy atom. The summed E-state index contributed by atoms with van der Waals surface area (Å²) in [6, 6.07) is 2.52. The maximum atomic E-state index is 13.3. The first kappa shape index (κ1) is 21.2. The summed E-state index contributed by atoms with van der Waals surface area (Å²) < 4.78 is 36.3. The van der Waals surface area contributed by atoms with Gasteiger partial charge in [-0.3, -0.25) is 4.79 Å². The zero-order chi connectivity index (χ0) is 20.9. The quantitative estimate of drug-likeness (QED) is 0.351. The van der Waals surface area contributed by atoms with E-state index < -0.39 is 35.5 Å². The normalized spacial score (nSPS) is 17.7. The molecule has 150 valence electrons. The highest BCUT2D eigenvalue weighted by Crippen LogP contribution is 2.20. The lowest BCUT2D eigenvalue weighted by atomic mass is 9.92. The molecule has 1 aliphatic heterocycles. The summed E-state index contributed by atoms with van der Waals surface area (Å²) in [7, 11) is 1.21. The van der Waals surface area contributed by atoms with Gasteiger partial charge in [-0.2, -0.15) is 0 Å². The topological polar surface area (TPSA) is 109 Å². The van der Waals surface area contributed by atoms with E-state index >= 15 is 0 Å². The number of hydrogen-bond donors (Lipinski definition) is 3. The Morgan fingerprint density at radius 2 is 2.07 bits per heavy atom. The second kappa shape index (κ2) is 8.75. The minimum Gasteiger partial charge on any atom is -0.486 e. The van der Waals surface area contributed by atoms with E-state index in [4.69, 9.17) is 10.1 Å². The summed E-state index contributed by atoms with van der Waals surface area (Å²) in [6.07, 6.45) is 1.92. The molecule has 0 radical (unpaired) electrons. The van der Waals surface area contributed by atoms with Crippen LogP contribution in [0.5, 0.6) is 0 Å². The van der Waals surface area contributed by atoms with Crippen LogP contribution >= 0.6 is 0 Å². The van der Waals surface area contributed by atoms with Crippen molar-refractivity contribution in [1.82, 2.24) is 5.32 Å². The number of hydrogen-bond acceptors (Lipinski definition) is 6. The number of aliphatic hydroxyl groups is 1. The molecule has 1 aliphatic rings. The standard InChI is InChI=1S/C19H20F2N2O5/c1-3-19(26,8-15(22)12-5-13(20)7-14(21)6-12)18(25)23-9-11-4-16(28-10-11)17(24)27-2/h3-7,11,22,26H,1,8-10H2,2H3,(H,23,25)/t11-,19?/m0/s1. The van der Waals surface area contributed by atoms with Crippen molar-refractivity contribution in [3.63, 3.8) is 0 Å². The minimum absolute atomic E-state index is 0.0376. The fraction of sp³-hybridized carbons (Fsp3) is 0.316. The average Bonchev–Trinajstić information content (AvgIpc) is 3.13. The SMILES string of the molecule is C=CC(O)(CC(=N)c1cc(F)cc(F)c1)C(=O)NC[C@@H]1C=C(C(=O)OC)OC1. The van der Waals surface area contributed by atoms with Crippen LogP contribution in [0.4, 0.5) is 8.78 Å². The van der Waals surface area contributed by atoms with Crippen molar-refractivity contribution in [3.05, 3.63) is 59.9 Å². The number of nitrogens with one attached hydrogen (secondary N) is 2. The van der Waals surface area contributed by atoms with Crippen LogP contribution in [0.3, 0.4) is 0 Å². The lowest BCUT2D eigenvalue weighted by Crippen LogP contribution is -2.48. The largest absolute Gasteiger partial charge is 0.486 e. The van der Waals surface area contributed by atoms with Gasteiger partial charge in [0.1, 0.15) is 11.6 Å². The second-order valence-electron chi connectivity index (χ2n) is 6.25. The van der Waals surface area contributed by atoms with Gasteiger partial charge in [-0.1, -0.05) is 12.7 Å². The van der Waals surface area contributed by atoms with Gasteiger partial charge in [-0.05, 0) is 18.2 Å². The van der Waals surface area contributed by atoms with E-state index in [1.54, 1.807) is 0 Å². The van der Waals surface area contributed by atoms with Crippen LogP contribution < -0.4 is 5.32 Å². The molecule has 28 heavy (non-hydrogen) atoms. The van der Waals surface area contributed by atoms with E-state index in [0.717, 1.165) is 18.2 Å². The zero-order valence-corrected chi connectivity index (χ0v) is 15.1. The molecule has 7 nitrogen and oxygen atoms in total. The van der Waals surface area contributed by atoms with Gasteiger partial charge < -0.3 is 25.3 Å². The Kier molecular flexibility index (Phi) is 6.63. The van der Waals surface area contributed by atoms with Gasteiger partial charge >= 0.3 is 5.97 Å². The van der Waals surface area contributed by atoms with E-state index in [9.17, 15) is 23.5 Å². The van der Waals surface area contributed by atoms with Crippen molar-refractivity contribution >= 4 is 17.6 Å². The van der Waals surface area contributed by atoms with Crippen molar-refractivity contribution in [1.29, 1.82) is 5.41 Å². The van der Waals surface area contributed by atoms with Gasteiger partial charge in [0.25, 0.3) is 5.91 Å². The molecular weight excluding hydrogens is 374 g/mol. The fourth-order valence-electron chi connectivity index (χ4n) is 2.57. The third-order valence-corrected chi connectivity index (χ3v) is 4.14. The van der Waals surface area contributed by atoms with Crippen LogP contribution in [0.15, 0.2) is 42.7 Å². The van der Waals surface area contributed by atoms with Gasteiger partial charge in [0, 0.05) is 36.2 Å². The van der Waals surface area contributed by atoms with Crippen molar-refractivity contribution in [2.75, 3.05) is 20.3 Å². The van der Waals surface area contributed by atoms with E-state index in [1.807, 2.05) is 0 Å². The summed E-state index contributed by atoms with van der Waals surface area (Å²) in [5.41, 5.74) is -2.60. The monoisotopic (exact) mass is 394 g/mol. The summed E-state index contributed by atoms with van der Waals surface area (Å²) >= 11 is 0. The van der Waals surface area contributed by atoms with Crippen LogP contribution in [-0.2, 0) is 19.1 Å². The molecule has 1 heterocycles. The number of methoxy groups -OCH3 is 1. The van der Waals surface area contributed by atoms with Gasteiger partial charge in [0.05, 0.1) is 13.7 Å². The average molecular weight is 394 g/mol. The number of esters is 1. The van der Waals surface area contributed by atoms with Crippen LogP contribution in [-0.4, -0.2) is 48.6 Å². The highest BCUT2D eigenvalue weighted by atomic mass is 19.1. The first-order chi connectivity index (χ1) is 13.2. The van der Waals surface area contributed by atoms with Crippen molar-refractivity contribution < 1.29 is 33.0 Å². The van der Waals surface area contributed by atoms with Gasteiger partial charge in [0.2, 0.25) is 5.76 Å². The third kappa shape index (κ3) is 5.01. The third-order valence-electron chi connectivity index (χ3n) is 4.14.